The van der Waals surface area contributed by atoms with E-state index in [-0.39, 0.29) is 30.2 Å². The number of nitrogens with zero attached hydrogens (tertiary/aromatic N) is 4. The number of hydrogen-bond donors (Lipinski definition) is 1. The Morgan fingerprint density at radius 3 is 2.77 bits per heavy atom. The molecule has 8 nitrogen and oxygen atoms in total. The van der Waals surface area contributed by atoms with Crippen molar-refractivity contribution < 1.29 is 9.53 Å². The number of carbonyl (C=O) groups is 1. The lowest BCUT2D eigenvalue weighted by atomic mass is 10.2. The number of rotatable bonds is 6. The Hall–Kier alpha value is -2.32. The van der Waals surface area contributed by atoms with Crippen LogP contribution in [0.25, 0.3) is 10.9 Å². The molecule has 1 amide bonds. The largest absolute Gasteiger partial charge is 0.373 e. The summed E-state index contributed by atoms with van der Waals surface area (Å²) in [5, 5.41) is 11.1. The third-order valence-electron chi connectivity index (χ3n) is 4.39. The van der Waals surface area contributed by atoms with Gasteiger partial charge >= 0.3 is 0 Å². The van der Waals surface area contributed by atoms with E-state index < -0.39 is 0 Å². The molecule has 0 spiro atoms. The summed E-state index contributed by atoms with van der Waals surface area (Å²) in [5.74, 6) is -0.236. The number of carbonyl (C=O) groups excluding carboxylic acids is 1. The van der Waals surface area contributed by atoms with Gasteiger partial charge in [0.05, 0.1) is 17.6 Å². The summed E-state index contributed by atoms with van der Waals surface area (Å²) in [4.78, 5) is 26.8. The zero-order valence-corrected chi connectivity index (χ0v) is 15.2. The minimum absolute atomic E-state index is 0.123. The number of morpholine rings is 1. The summed E-state index contributed by atoms with van der Waals surface area (Å²) >= 11 is 0. The molecule has 1 fully saturated rings. The molecule has 26 heavy (non-hydrogen) atoms. The highest BCUT2D eigenvalue weighted by Crippen LogP contribution is 2.10. The topological polar surface area (TPSA) is 89.4 Å². The number of amides is 1. The van der Waals surface area contributed by atoms with E-state index >= 15 is 0 Å². The molecule has 1 aromatic carbocycles. The number of ether oxygens (including phenoxy) is 1. The van der Waals surface area contributed by atoms with Crippen molar-refractivity contribution in [3.63, 3.8) is 0 Å². The van der Waals surface area contributed by atoms with Gasteiger partial charge in [-0.2, -0.15) is 0 Å². The molecule has 0 unspecified atom stereocenters. The van der Waals surface area contributed by atoms with Crippen molar-refractivity contribution in [3.8, 4) is 0 Å². The van der Waals surface area contributed by atoms with Crippen LogP contribution in [0.15, 0.2) is 29.1 Å². The van der Waals surface area contributed by atoms with Gasteiger partial charge in [-0.25, -0.2) is 4.68 Å². The highest BCUT2D eigenvalue weighted by molar-refractivity contribution is 5.78. The minimum atomic E-state index is -0.304. The van der Waals surface area contributed by atoms with Crippen LogP contribution in [-0.2, 0) is 16.1 Å². The van der Waals surface area contributed by atoms with Crippen molar-refractivity contribution in [2.75, 3.05) is 26.2 Å². The molecule has 1 saturated heterocycles. The normalized spacial score (nSPS) is 21.0. The van der Waals surface area contributed by atoms with Gasteiger partial charge in [0.15, 0.2) is 0 Å². The highest BCUT2D eigenvalue weighted by atomic mass is 16.5. The summed E-state index contributed by atoms with van der Waals surface area (Å²) in [6.07, 6.45) is 1.34. The van der Waals surface area contributed by atoms with Crippen LogP contribution in [0.2, 0.25) is 0 Å². The Bertz CT molecular complexity index is 812. The predicted octanol–water partition coefficient (Wildman–Crippen LogP) is 0.407. The molecule has 1 N–H and O–H groups in total. The van der Waals surface area contributed by atoms with Gasteiger partial charge in [-0.05, 0) is 32.4 Å². The fourth-order valence-electron chi connectivity index (χ4n) is 3.32. The Morgan fingerprint density at radius 1 is 1.27 bits per heavy atom. The minimum Gasteiger partial charge on any atom is -0.373 e. The molecule has 0 bridgehead atoms. The summed E-state index contributed by atoms with van der Waals surface area (Å²) in [7, 11) is 0. The molecule has 1 aliphatic heterocycles. The summed E-state index contributed by atoms with van der Waals surface area (Å²) in [6.45, 7) is 7.34. The Kier molecular flexibility index (Phi) is 5.95. The number of hydrogen-bond acceptors (Lipinski definition) is 6. The van der Waals surface area contributed by atoms with Crippen molar-refractivity contribution in [1.82, 2.24) is 25.2 Å². The van der Waals surface area contributed by atoms with Crippen LogP contribution in [0.3, 0.4) is 0 Å². The van der Waals surface area contributed by atoms with E-state index in [0.717, 1.165) is 30.7 Å². The highest BCUT2D eigenvalue weighted by Gasteiger charge is 2.21. The number of fused-ring (bicyclic) bond motifs is 1. The number of nitrogens with one attached hydrogen (secondary N) is 1. The van der Waals surface area contributed by atoms with E-state index in [1.807, 2.05) is 0 Å². The molecule has 1 aliphatic rings. The van der Waals surface area contributed by atoms with Crippen LogP contribution in [0, 0.1) is 0 Å². The van der Waals surface area contributed by atoms with Gasteiger partial charge < -0.3 is 10.1 Å². The lowest BCUT2D eigenvalue weighted by molar-refractivity contribution is -0.122. The van der Waals surface area contributed by atoms with Gasteiger partial charge in [-0.1, -0.05) is 17.3 Å². The maximum absolute atomic E-state index is 12.3. The van der Waals surface area contributed by atoms with Gasteiger partial charge in [-0.3, -0.25) is 14.5 Å². The SMILES string of the molecule is C[C@H]1CN(CCCNC(=O)Cn2nnc3ccccc3c2=O)C[C@H](C)O1. The zero-order chi connectivity index (χ0) is 18.5. The van der Waals surface area contributed by atoms with Crippen LogP contribution in [0.4, 0.5) is 0 Å². The predicted molar refractivity (Wildman–Crippen MR) is 97.9 cm³/mol. The molecule has 0 aliphatic carbocycles. The van der Waals surface area contributed by atoms with E-state index in [4.69, 9.17) is 4.74 Å². The molecule has 3 rings (SSSR count). The summed E-state index contributed by atoms with van der Waals surface area (Å²) < 4.78 is 6.81. The van der Waals surface area contributed by atoms with Gasteiger partial charge in [0.1, 0.15) is 12.1 Å². The summed E-state index contributed by atoms with van der Waals surface area (Å²) in [6, 6.07) is 6.97. The smallest absolute Gasteiger partial charge is 0.278 e. The number of aromatic nitrogens is 3. The maximum atomic E-state index is 12.3. The van der Waals surface area contributed by atoms with E-state index in [1.165, 1.54) is 0 Å². The first-order chi connectivity index (χ1) is 12.5. The first kappa shape index (κ1) is 18.5. The van der Waals surface area contributed by atoms with E-state index in [9.17, 15) is 9.59 Å². The van der Waals surface area contributed by atoms with Crippen LogP contribution >= 0.6 is 0 Å². The molecule has 8 heteroatoms. The van der Waals surface area contributed by atoms with E-state index in [0.29, 0.717) is 17.4 Å². The average molecular weight is 359 g/mol. The van der Waals surface area contributed by atoms with Crippen LogP contribution in [0.1, 0.15) is 20.3 Å². The number of benzene rings is 1. The Morgan fingerprint density at radius 2 is 2.00 bits per heavy atom. The Balaban J connectivity index is 1.46. The van der Waals surface area contributed by atoms with Gasteiger partial charge in [0, 0.05) is 26.2 Å². The van der Waals surface area contributed by atoms with Crippen LogP contribution in [-0.4, -0.2) is 64.2 Å². The van der Waals surface area contributed by atoms with E-state index in [1.54, 1.807) is 24.3 Å². The molecule has 0 radical (unpaired) electrons. The molecule has 140 valence electrons. The van der Waals surface area contributed by atoms with Crippen molar-refractivity contribution in [2.24, 2.45) is 0 Å². The quantitative estimate of drug-likeness (QED) is 0.752. The molecule has 2 heterocycles. The van der Waals surface area contributed by atoms with E-state index in [2.05, 4.69) is 34.4 Å². The van der Waals surface area contributed by atoms with Gasteiger partial charge in [0.2, 0.25) is 5.91 Å². The molecule has 0 saturated carbocycles. The Labute approximate surface area is 152 Å². The fourth-order valence-corrected chi connectivity index (χ4v) is 3.32. The molecular formula is C18H25N5O3. The second kappa shape index (κ2) is 8.37. The summed E-state index contributed by atoms with van der Waals surface area (Å²) in [5.41, 5.74) is 0.227. The lowest BCUT2D eigenvalue weighted by Crippen LogP contribution is -2.46. The second-order valence-corrected chi connectivity index (χ2v) is 6.79. The molecule has 1 aromatic heterocycles. The average Bonchev–Trinajstić information content (AvgIpc) is 2.61. The molecule has 2 aromatic rings. The maximum Gasteiger partial charge on any atom is 0.278 e. The first-order valence-electron chi connectivity index (χ1n) is 9.00. The monoisotopic (exact) mass is 359 g/mol. The van der Waals surface area contributed by atoms with Crippen molar-refractivity contribution in [2.45, 2.75) is 39.0 Å². The third-order valence-corrected chi connectivity index (χ3v) is 4.39. The van der Waals surface area contributed by atoms with Crippen LogP contribution in [0.5, 0.6) is 0 Å². The lowest BCUT2D eigenvalue weighted by Gasteiger charge is -2.35. The van der Waals surface area contributed by atoms with Gasteiger partial charge in [0.25, 0.3) is 5.56 Å². The van der Waals surface area contributed by atoms with Crippen molar-refractivity contribution >= 4 is 16.8 Å². The van der Waals surface area contributed by atoms with Crippen LogP contribution < -0.4 is 10.9 Å². The molecule has 2 atom stereocenters. The van der Waals surface area contributed by atoms with Crippen molar-refractivity contribution in [3.05, 3.63) is 34.6 Å². The third kappa shape index (κ3) is 4.64. The fraction of sp³-hybridized carbons (Fsp3) is 0.556. The zero-order valence-electron chi connectivity index (χ0n) is 15.2. The standard InChI is InChI=1S/C18H25N5O3/c1-13-10-22(11-14(2)26-13)9-5-8-19-17(24)12-23-18(25)15-6-3-4-7-16(15)20-21-23/h3-4,6-7,13-14H,5,8-12H2,1-2H3,(H,19,24)/t13-,14-/m0/s1. The second-order valence-electron chi connectivity index (χ2n) is 6.79. The van der Waals surface area contributed by atoms with Gasteiger partial charge in [-0.15, -0.1) is 5.10 Å². The van der Waals surface area contributed by atoms with Crippen molar-refractivity contribution in [1.29, 1.82) is 0 Å². The molecular weight excluding hydrogens is 334 g/mol. The first-order valence-corrected chi connectivity index (χ1v) is 9.00.